The van der Waals surface area contributed by atoms with Gasteiger partial charge in [-0.15, -0.1) is 0 Å². The summed E-state index contributed by atoms with van der Waals surface area (Å²) in [4.78, 5) is 24.6. The number of aryl methyl sites for hydroxylation is 1. The molecule has 2 aromatic heterocycles. The minimum absolute atomic E-state index is 0.172. The van der Waals surface area contributed by atoms with Gasteiger partial charge in [0.05, 0.1) is 22.5 Å². The maximum absolute atomic E-state index is 13.0. The average molecular weight is 472 g/mol. The fraction of sp³-hybridized carbons (Fsp3) is 0.148. The molecule has 0 aliphatic rings. The second kappa shape index (κ2) is 9.82. The van der Waals surface area contributed by atoms with Crippen LogP contribution in [0.3, 0.4) is 0 Å². The minimum Gasteiger partial charge on any atom is -0.478 e. The van der Waals surface area contributed by atoms with Crippen LogP contribution in [0.15, 0.2) is 82.1 Å². The largest absolute Gasteiger partial charge is 0.478 e. The van der Waals surface area contributed by atoms with Gasteiger partial charge in [0, 0.05) is 36.0 Å². The van der Waals surface area contributed by atoms with Crippen molar-refractivity contribution in [3.63, 3.8) is 0 Å². The van der Waals surface area contributed by atoms with Gasteiger partial charge in [-0.3, -0.25) is 4.79 Å². The summed E-state index contributed by atoms with van der Waals surface area (Å²) in [5.41, 5.74) is 3.38. The standard InChI is InChI=1S/C26H21N3O4.CH4O/c1-15-11-19(16(2)27-22-10-6-4-8-18(22)26(31)32)25-20(12-15)23(30)13-24(33-25)29-14-17-7-3-5-9-21(17)28-29;1-2/h3-14,16,27H,1-2H3,(H,31,32);2H,1H3. The quantitative estimate of drug-likeness (QED) is 0.333. The molecule has 8 nitrogen and oxygen atoms in total. The SMILES string of the molecule is CO.Cc1cc(C(C)Nc2ccccc2C(=O)O)c2oc(-n3cc4ccccc4n3)cc(=O)c2c1. The normalized spacial score (nSPS) is 11.7. The molecule has 178 valence electrons. The summed E-state index contributed by atoms with van der Waals surface area (Å²) in [6, 6.07) is 19.2. The summed E-state index contributed by atoms with van der Waals surface area (Å²) < 4.78 is 7.79. The Morgan fingerprint density at radius 1 is 1.06 bits per heavy atom. The van der Waals surface area contributed by atoms with E-state index in [-0.39, 0.29) is 17.0 Å². The van der Waals surface area contributed by atoms with Gasteiger partial charge in [0.25, 0.3) is 0 Å². The summed E-state index contributed by atoms with van der Waals surface area (Å²) in [6.45, 7) is 3.82. The van der Waals surface area contributed by atoms with E-state index < -0.39 is 5.97 Å². The lowest BCUT2D eigenvalue weighted by Crippen LogP contribution is -2.13. The van der Waals surface area contributed by atoms with Crippen molar-refractivity contribution in [2.24, 2.45) is 0 Å². The van der Waals surface area contributed by atoms with Crippen LogP contribution < -0.4 is 10.7 Å². The number of fused-ring (bicyclic) bond motifs is 2. The summed E-state index contributed by atoms with van der Waals surface area (Å²) in [7, 11) is 1.00. The van der Waals surface area contributed by atoms with Gasteiger partial charge in [0.1, 0.15) is 5.58 Å². The Bertz CT molecular complexity index is 1550. The monoisotopic (exact) mass is 471 g/mol. The van der Waals surface area contributed by atoms with Crippen LogP contribution in [0.1, 0.15) is 34.5 Å². The molecule has 0 aliphatic carbocycles. The van der Waals surface area contributed by atoms with E-state index in [2.05, 4.69) is 10.4 Å². The molecule has 0 amide bonds. The van der Waals surface area contributed by atoms with Crippen molar-refractivity contribution < 1.29 is 19.4 Å². The van der Waals surface area contributed by atoms with Crippen LogP contribution in [0.2, 0.25) is 0 Å². The number of hydrogen-bond acceptors (Lipinski definition) is 6. The predicted octanol–water partition coefficient (Wildman–Crippen LogP) is 4.92. The fourth-order valence-corrected chi connectivity index (χ4v) is 4.04. The molecule has 0 saturated heterocycles. The zero-order valence-corrected chi connectivity index (χ0v) is 19.5. The first-order valence-electron chi connectivity index (χ1n) is 11.0. The molecule has 2 heterocycles. The van der Waals surface area contributed by atoms with Crippen LogP contribution in [-0.2, 0) is 0 Å². The topological polar surface area (TPSA) is 118 Å². The third-order valence-corrected chi connectivity index (χ3v) is 5.62. The highest BCUT2D eigenvalue weighted by atomic mass is 16.4. The second-order valence-electron chi connectivity index (χ2n) is 8.03. The molecule has 0 saturated carbocycles. The fourth-order valence-electron chi connectivity index (χ4n) is 4.04. The van der Waals surface area contributed by atoms with Crippen molar-refractivity contribution >= 4 is 33.5 Å². The number of rotatable bonds is 5. The molecule has 5 rings (SSSR count). The van der Waals surface area contributed by atoms with Gasteiger partial charge in [-0.1, -0.05) is 36.4 Å². The first kappa shape index (κ1) is 23.7. The van der Waals surface area contributed by atoms with E-state index in [0.29, 0.717) is 22.5 Å². The number of hydrogen-bond donors (Lipinski definition) is 3. The third kappa shape index (κ3) is 4.64. The lowest BCUT2D eigenvalue weighted by molar-refractivity contribution is 0.0698. The molecule has 1 unspecified atom stereocenters. The Morgan fingerprint density at radius 3 is 2.51 bits per heavy atom. The van der Waals surface area contributed by atoms with Crippen LogP contribution in [0.4, 0.5) is 5.69 Å². The molecule has 35 heavy (non-hydrogen) atoms. The molecule has 0 bridgehead atoms. The number of anilines is 1. The summed E-state index contributed by atoms with van der Waals surface area (Å²) >= 11 is 0. The van der Waals surface area contributed by atoms with Gasteiger partial charge in [-0.25, -0.2) is 9.48 Å². The number of aromatic carboxylic acids is 1. The van der Waals surface area contributed by atoms with Gasteiger partial charge in [-0.05, 0) is 43.7 Å². The van der Waals surface area contributed by atoms with E-state index in [1.807, 2.05) is 50.4 Å². The average Bonchev–Trinajstić information content (AvgIpc) is 3.30. The lowest BCUT2D eigenvalue weighted by atomic mass is 10.0. The smallest absolute Gasteiger partial charge is 0.337 e. The number of aromatic nitrogens is 2. The maximum atomic E-state index is 13.0. The summed E-state index contributed by atoms with van der Waals surface area (Å²) in [5.74, 6) is -0.703. The van der Waals surface area contributed by atoms with Gasteiger partial charge in [-0.2, -0.15) is 5.10 Å². The summed E-state index contributed by atoms with van der Waals surface area (Å²) in [6.07, 6.45) is 1.82. The van der Waals surface area contributed by atoms with E-state index in [4.69, 9.17) is 9.52 Å². The Labute approximate surface area is 201 Å². The number of aliphatic hydroxyl groups is 1. The van der Waals surface area contributed by atoms with Crippen molar-refractivity contribution in [3.05, 3.63) is 99.8 Å². The first-order valence-corrected chi connectivity index (χ1v) is 11.0. The number of carbonyl (C=O) groups is 1. The van der Waals surface area contributed by atoms with Crippen LogP contribution in [0.25, 0.3) is 27.8 Å². The van der Waals surface area contributed by atoms with Crippen molar-refractivity contribution in [2.75, 3.05) is 12.4 Å². The first-order chi connectivity index (χ1) is 16.9. The maximum Gasteiger partial charge on any atom is 0.337 e. The van der Waals surface area contributed by atoms with E-state index >= 15 is 0 Å². The van der Waals surface area contributed by atoms with Crippen molar-refractivity contribution in [1.29, 1.82) is 0 Å². The van der Waals surface area contributed by atoms with E-state index in [9.17, 15) is 14.7 Å². The number of carboxylic acid groups (broad SMARTS) is 1. The second-order valence-corrected chi connectivity index (χ2v) is 8.03. The van der Waals surface area contributed by atoms with Crippen LogP contribution in [0.5, 0.6) is 0 Å². The van der Waals surface area contributed by atoms with Crippen LogP contribution in [0, 0.1) is 6.92 Å². The Hall–Kier alpha value is -4.43. The van der Waals surface area contributed by atoms with Gasteiger partial charge < -0.3 is 19.9 Å². The number of aliphatic hydroxyl groups excluding tert-OH is 1. The molecule has 0 radical (unpaired) electrons. The molecule has 0 spiro atoms. The predicted molar refractivity (Wildman–Crippen MR) is 135 cm³/mol. The molecule has 5 aromatic rings. The zero-order chi connectivity index (χ0) is 25.1. The van der Waals surface area contributed by atoms with Crippen LogP contribution >= 0.6 is 0 Å². The Balaban J connectivity index is 0.00000141. The highest BCUT2D eigenvalue weighted by Gasteiger charge is 2.18. The molecule has 3 N–H and O–H groups in total. The van der Waals surface area contributed by atoms with E-state index in [1.54, 1.807) is 35.0 Å². The molecule has 8 heteroatoms. The van der Waals surface area contributed by atoms with E-state index in [0.717, 1.165) is 29.1 Å². The van der Waals surface area contributed by atoms with Crippen LogP contribution in [-0.4, -0.2) is 33.1 Å². The highest BCUT2D eigenvalue weighted by molar-refractivity contribution is 5.94. The zero-order valence-electron chi connectivity index (χ0n) is 19.5. The Morgan fingerprint density at radius 2 is 1.77 bits per heavy atom. The lowest BCUT2D eigenvalue weighted by Gasteiger charge is -2.19. The van der Waals surface area contributed by atoms with Gasteiger partial charge >= 0.3 is 5.97 Å². The minimum atomic E-state index is -1.01. The number of benzene rings is 3. The van der Waals surface area contributed by atoms with Gasteiger partial charge in [0.2, 0.25) is 5.88 Å². The number of nitrogens with one attached hydrogen (secondary N) is 1. The van der Waals surface area contributed by atoms with Crippen molar-refractivity contribution in [3.8, 4) is 5.88 Å². The van der Waals surface area contributed by atoms with E-state index in [1.165, 1.54) is 6.07 Å². The molecule has 0 fully saturated rings. The molecule has 1 atom stereocenters. The number of carboxylic acids is 1. The molecular weight excluding hydrogens is 446 g/mol. The number of para-hydroxylation sites is 1. The van der Waals surface area contributed by atoms with Gasteiger partial charge in [0.15, 0.2) is 5.43 Å². The molecule has 3 aromatic carbocycles. The number of nitrogens with zero attached hydrogens (tertiary/aromatic N) is 2. The van der Waals surface area contributed by atoms with Crippen molar-refractivity contribution in [2.45, 2.75) is 19.9 Å². The molecular formula is C27H25N3O5. The Kier molecular flexibility index (Phi) is 6.66. The highest BCUT2D eigenvalue weighted by Crippen LogP contribution is 2.30. The van der Waals surface area contributed by atoms with Crippen molar-refractivity contribution in [1.82, 2.24) is 9.78 Å². The third-order valence-electron chi connectivity index (χ3n) is 5.62. The summed E-state index contributed by atoms with van der Waals surface area (Å²) in [5, 5.41) is 25.7. The molecule has 0 aliphatic heterocycles.